The lowest BCUT2D eigenvalue weighted by Gasteiger charge is -2.34. The molecule has 2 unspecified atom stereocenters. The molecule has 0 heterocycles. The summed E-state index contributed by atoms with van der Waals surface area (Å²) in [5.41, 5.74) is -1.14. The third-order valence-electron chi connectivity index (χ3n) is 4.92. The predicted molar refractivity (Wildman–Crippen MR) is 89.2 cm³/mol. The van der Waals surface area contributed by atoms with Gasteiger partial charge in [-0.05, 0) is 19.3 Å². The van der Waals surface area contributed by atoms with E-state index in [0.717, 1.165) is 6.42 Å². The van der Waals surface area contributed by atoms with Crippen molar-refractivity contribution in [3.8, 4) is 0 Å². The monoisotopic (exact) mass is 336 g/mol. The van der Waals surface area contributed by atoms with Crippen molar-refractivity contribution in [2.24, 2.45) is 16.7 Å². The Morgan fingerprint density at radius 3 is 1.61 bits per heavy atom. The summed E-state index contributed by atoms with van der Waals surface area (Å²) in [5, 5.41) is 37.8. The second-order valence-corrected chi connectivity index (χ2v) is 6.65. The minimum atomic E-state index is -0.639. The predicted octanol–water partition coefficient (Wildman–Crippen LogP) is 0.808. The van der Waals surface area contributed by atoms with Crippen molar-refractivity contribution in [3.63, 3.8) is 0 Å². The summed E-state index contributed by atoms with van der Waals surface area (Å²) < 4.78 is 11.4. The molecule has 0 aromatic carbocycles. The SMILES string of the molecule is CCC(CO)COCC(CC)(CO)COCC(CC)(CO)CO. The second kappa shape index (κ2) is 12.2. The molecule has 0 rings (SSSR count). The van der Waals surface area contributed by atoms with Gasteiger partial charge in [0.05, 0.1) is 46.2 Å². The van der Waals surface area contributed by atoms with Crippen LogP contribution in [0.15, 0.2) is 0 Å². The van der Waals surface area contributed by atoms with Crippen LogP contribution in [0.3, 0.4) is 0 Å². The minimum absolute atomic E-state index is 0.0587. The van der Waals surface area contributed by atoms with Crippen molar-refractivity contribution >= 4 is 0 Å². The summed E-state index contributed by atoms with van der Waals surface area (Å²) in [6.07, 6.45) is 2.15. The van der Waals surface area contributed by atoms with Crippen LogP contribution in [0, 0.1) is 16.7 Å². The number of hydrogen-bond donors (Lipinski definition) is 4. The quantitative estimate of drug-likeness (QED) is 0.353. The van der Waals surface area contributed by atoms with Gasteiger partial charge in [0, 0.05) is 23.4 Å². The molecular weight excluding hydrogens is 300 g/mol. The fourth-order valence-electron chi connectivity index (χ4n) is 2.14. The first-order valence-corrected chi connectivity index (χ1v) is 8.59. The molecule has 4 N–H and O–H groups in total. The Kier molecular flexibility index (Phi) is 12.0. The summed E-state index contributed by atoms with van der Waals surface area (Å²) in [4.78, 5) is 0. The van der Waals surface area contributed by atoms with Gasteiger partial charge in [-0.15, -0.1) is 0 Å². The van der Waals surface area contributed by atoms with Crippen molar-refractivity contribution in [3.05, 3.63) is 0 Å². The zero-order chi connectivity index (χ0) is 17.8. The van der Waals surface area contributed by atoms with E-state index in [-0.39, 0.29) is 39.0 Å². The molecule has 0 aliphatic carbocycles. The van der Waals surface area contributed by atoms with E-state index in [1.807, 2.05) is 20.8 Å². The third kappa shape index (κ3) is 7.45. The zero-order valence-corrected chi connectivity index (χ0v) is 15.0. The highest BCUT2D eigenvalue weighted by molar-refractivity contribution is 4.80. The molecule has 0 aliphatic heterocycles. The fourth-order valence-corrected chi connectivity index (χ4v) is 2.14. The van der Waals surface area contributed by atoms with Crippen LogP contribution < -0.4 is 0 Å². The topological polar surface area (TPSA) is 99.4 Å². The highest BCUT2D eigenvalue weighted by Gasteiger charge is 2.32. The number of aliphatic hydroxyl groups is 4. The minimum Gasteiger partial charge on any atom is -0.396 e. The average molecular weight is 336 g/mol. The van der Waals surface area contributed by atoms with Crippen molar-refractivity contribution in [2.45, 2.75) is 40.0 Å². The van der Waals surface area contributed by atoms with Gasteiger partial charge in [0.15, 0.2) is 0 Å². The Bertz CT molecular complexity index is 264. The molecule has 0 aliphatic rings. The first-order valence-electron chi connectivity index (χ1n) is 8.59. The molecule has 23 heavy (non-hydrogen) atoms. The summed E-state index contributed by atoms with van der Waals surface area (Å²) in [6, 6.07) is 0. The maximum atomic E-state index is 9.75. The van der Waals surface area contributed by atoms with Gasteiger partial charge in [-0.3, -0.25) is 0 Å². The zero-order valence-electron chi connectivity index (χ0n) is 15.0. The summed E-state index contributed by atoms with van der Waals surface area (Å²) >= 11 is 0. The molecule has 6 nitrogen and oxygen atoms in total. The molecule has 0 saturated carbocycles. The average Bonchev–Trinajstić information content (AvgIpc) is 2.61. The molecule has 0 amide bonds. The summed E-state index contributed by atoms with van der Waals surface area (Å²) in [7, 11) is 0. The Morgan fingerprint density at radius 1 is 0.739 bits per heavy atom. The maximum Gasteiger partial charge on any atom is 0.0566 e. The van der Waals surface area contributed by atoms with E-state index in [2.05, 4.69) is 0 Å². The second-order valence-electron chi connectivity index (χ2n) is 6.65. The molecule has 0 saturated heterocycles. The largest absolute Gasteiger partial charge is 0.396 e. The molecule has 0 bridgehead atoms. The fraction of sp³-hybridized carbons (Fsp3) is 1.00. The van der Waals surface area contributed by atoms with Gasteiger partial charge in [-0.1, -0.05) is 20.8 Å². The van der Waals surface area contributed by atoms with Crippen LogP contribution in [0.5, 0.6) is 0 Å². The van der Waals surface area contributed by atoms with E-state index in [0.29, 0.717) is 32.7 Å². The van der Waals surface area contributed by atoms with Gasteiger partial charge in [-0.25, -0.2) is 0 Å². The lowest BCUT2D eigenvalue weighted by Crippen LogP contribution is -2.40. The van der Waals surface area contributed by atoms with Gasteiger partial charge in [-0.2, -0.15) is 0 Å². The number of aliphatic hydroxyl groups excluding tert-OH is 4. The maximum absolute atomic E-state index is 9.75. The summed E-state index contributed by atoms with van der Waals surface area (Å²) in [6.45, 7) is 7.00. The highest BCUT2D eigenvalue weighted by atomic mass is 16.5. The lowest BCUT2D eigenvalue weighted by molar-refractivity contribution is -0.0921. The van der Waals surface area contributed by atoms with Crippen LogP contribution in [-0.4, -0.2) is 73.3 Å². The van der Waals surface area contributed by atoms with Crippen LogP contribution in [-0.2, 0) is 9.47 Å². The molecule has 140 valence electrons. The summed E-state index contributed by atoms with van der Waals surface area (Å²) in [5.74, 6) is 0.112. The van der Waals surface area contributed by atoms with E-state index in [1.54, 1.807) is 0 Å². The first-order chi connectivity index (χ1) is 11.0. The highest BCUT2D eigenvalue weighted by Crippen LogP contribution is 2.26. The third-order valence-corrected chi connectivity index (χ3v) is 4.92. The Labute approximate surface area is 140 Å². The Hall–Kier alpha value is -0.240. The van der Waals surface area contributed by atoms with Crippen LogP contribution in [0.25, 0.3) is 0 Å². The van der Waals surface area contributed by atoms with Crippen LogP contribution in [0.4, 0.5) is 0 Å². The molecule has 0 aromatic rings. The smallest absolute Gasteiger partial charge is 0.0566 e. The van der Waals surface area contributed by atoms with E-state index in [9.17, 15) is 20.4 Å². The molecule has 0 aromatic heterocycles. The van der Waals surface area contributed by atoms with Gasteiger partial charge in [0.1, 0.15) is 0 Å². The number of hydrogen-bond acceptors (Lipinski definition) is 6. The Morgan fingerprint density at radius 2 is 1.22 bits per heavy atom. The van der Waals surface area contributed by atoms with E-state index >= 15 is 0 Å². The normalized spacial score (nSPS) is 16.3. The first kappa shape index (κ1) is 22.8. The molecule has 0 radical (unpaired) electrons. The number of rotatable bonds is 15. The molecule has 0 spiro atoms. The van der Waals surface area contributed by atoms with E-state index in [4.69, 9.17) is 9.47 Å². The van der Waals surface area contributed by atoms with Gasteiger partial charge < -0.3 is 29.9 Å². The van der Waals surface area contributed by atoms with Crippen LogP contribution in [0.2, 0.25) is 0 Å². The molecule has 0 fully saturated rings. The number of ether oxygens (including phenoxy) is 2. The van der Waals surface area contributed by atoms with E-state index in [1.165, 1.54) is 0 Å². The van der Waals surface area contributed by atoms with Gasteiger partial charge in [0.2, 0.25) is 0 Å². The molecule has 2 atom stereocenters. The van der Waals surface area contributed by atoms with Gasteiger partial charge in [0.25, 0.3) is 0 Å². The molecule has 6 heteroatoms. The Balaban J connectivity index is 4.48. The lowest BCUT2D eigenvalue weighted by atomic mass is 9.86. The van der Waals surface area contributed by atoms with E-state index < -0.39 is 10.8 Å². The molecular formula is C17H36O6. The van der Waals surface area contributed by atoms with Crippen molar-refractivity contribution in [1.29, 1.82) is 0 Å². The van der Waals surface area contributed by atoms with Crippen molar-refractivity contribution in [2.75, 3.05) is 52.9 Å². The van der Waals surface area contributed by atoms with Crippen molar-refractivity contribution < 1.29 is 29.9 Å². The standard InChI is InChI=1S/C17H36O6/c1-4-15(7-18)8-22-13-17(6-3,11-21)14-23-12-16(5-2,9-19)10-20/h15,18-21H,4-14H2,1-3H3. The van der Waals surface area contributed by atoms with Crippen molar-refractivity contribution in [1.82, 2.24) is 0 Å². The van der Waals surface area contributed by atoms with Crippen LogP contribution >= 0.6 is 0 Å². The van der Waals surface area contributed by atoms with Crippen LogP contribution in [0.1, 0.15) is 40.0 Å². The van der Waals surface area contributed by atoms with Gasteiger partial charge >= 0.3 is 0 Å².